The van der Waals surface area contributed by atoms with Crippen LogP contribution in [0.25, 0.3) is 5.76 Å². The normalized spacial score (nSPS) is 16.4. The summed E-state index contributed by atoms with van der Waals surface area (Å²) >= 11 is 0. The predicted molar refractivity (Wildman–Crippen MR) is 152 cm³/mol. The first-order valence-electron chi connectivity index (χ1n) is 13.2. The molecule has 0 bridgehead atoms. The third-order valence-electron chi connectivity index (χ3n) is 6.35. The highest BCUT2D eigenvalue weighted by molar-refractivity contribution is 6.51. The molecule has 1 saturated heterocycles. The molecule has 1 aliphatic heterocycles. The lowest BCUT2D eigenvalue weighted by Crippen LogP contribution is -2.29. The standard InChI is InChI=1S/C32H33NO7/c1-6-38-24-15-16-25(26(18-24)39-7-2)29(34)27-28(22-10-8-9-20(5)17-22)33(31(36)30(27)35)23-13-11-21(12-14-23)32(37)40-19(3)4/h8-19,28,34H,6-7H2,1-5H3/b29-27-. The highest BCUT2D eigenvalue weighted by Crippen LogP contribution is 2.44. The molecule has 1 atom stereocenters. The molecule has 0 aromatic heterocycles. The van der Waals surface area contributed by atoms with Crippen LogP contribution in [-0.2, 0) is 14.3 Å². The molecule has 3 aromatic rings. The Bertz CT molecular complexity index is 1460. The number of hydrogen-bond acceptors (Lipinski definition) is 7. The Labute approximate surface area is 233 Å². The molecule has 1 heterocycles. The number of carbonyl (C=O) groups is 3. The number of ketones is 1. The molecule has 8 nitrogen and oxygen atoms in total. The maximum absolute atomic E-state index is 13.6. The van der Waals surface area contributed by atoms with Gasteiger partial charge in [-0.05, 0) is 76.6 Å². The zero-order valence-corrected chi connectivity index (χ0v) is 23.3. The molecule has 1 fully saturated rings. The molecule has 4 rings (SSSR count). The van der Waals surface area contributed by atoms with E-state index in [0.717, 1.165) is 5.56 Å². The number of esters is 1. The van der Waals surface area contributed by atoms with Gasteiger partial charge < -0.3 is 19.3 Å². The summed E-state index contributed by atoms with van der Waals surface area (Å²) in [5.74, 6) is -1.59. The number of anilines is 1. The van der Waals surface area contributed by atoms with Crippen molar-refractivity contribution in [3.63, 3.8) is 0 Å². The zero-order valence-electron chi connectivity index (χ0n) is 23.3. The highest BCUT2D eigenvalue weighted by atomic mass is 16.5. The second kappa shape index (κ2) is 12.1. The SMILES string of the molecule is CCOc1ccc(/C(O)=C2/C(=O)C(=O)N(c3ccc(C(=O)OC(C)C)cc3)C2c2cccc(C)c2)c(OCC)c1. The van der Waals surface area contributed by atoms with Gasteiger partial charge in [0.1, 0.15) is 17.3 Å². The average Bonchev–Trinajstić information content (AvgIpc) is 3.19. The number of aliphatic hydroxyl groups is 1. The van der Waals surface area contributed by atoms with Crippen molar-refractivity contribution < 1.29 is 33.7 Å². The Kier molecular flexibility index (Phi) is 8.58. The minimum Gasteiger partial charge on any atom is -0.507 e. The third kappa shape index (κ3) is 5.71. The maximum Gasteiger partial charge on any atom is 0.338 e. The number of ether oxygens (including phenoxy) is 3. The number of aliphatic hydroxyl groups excluding tert-OH is 1. The Morgan fingerprint density at radius 2 is 1.65 bits per heavy atom. The number of aryl methyl sites for hydroxylation is 1. The highest BCUT2D eigenvalue weighted by Gasteiger charge is 2.47. The summed E-state index contributed by atoms with van der Waals surface area (Å²) in [5, 5.41) is 11.6. The van der Waals surface area contributed by atoms with Crippen LogP contribution in [0.2, 0.25) is 0 Å². The molecule has 1 N–H and O–H groups in total. The lowest BCUT2D eigenvalue weighted by atomic mass is 9.94. The van der Waals surface area contributed by atoms with Gasteiger partial charge in [0.25, 0.3) is 11.7 Å². The summed E-state index contributed by atoms with van der Waals surface area (Å²) < 4.78 is 16.6. The van der Waals surface area contributed by atoms with Crippen molar-refractivity contribution in [3.8, 4) is 11.5 Å². The quantitative estimate of drug-likeness (QED) is 0.153. The van der Waals surface area contributed by atoms with Crippen LogP contribution in [-0.4, -0.2) is 42.1 Å². The molecule has 8 heteroatoms. The zero-order chi connectivity index (χ0) is 29.0. The average molecular weight is 544 g/mol. The van der Waals surface area contributed by atoms with Gasteiger partial charge in [0, 0.05) is 11.8 Å². The van der Waals surface area contributed by atoms with E-state index in [2.05, 4.69) is 0 Å². The van der Waals surface area contributed by atoms with Gasteiger partial charge in [0.05, 0.1) is 42.1 Å². The molecular formula is C32H33NO7. The number of hydrogen-bond donors (Lipinski definition) is 1. The fraction of sp³-hybridized carbons (Fsp3) is 0.281. The largest absolute Gasteiger partial charge is 0.507 e. The first-order chi connectivity index (χ1) is 19.2. The minimum absolute atomic E-state index is 0.0657. The Morgan fingerprint density at radius 3 is 2.27 bits per heavy atom. The van der Waals surface area contributed by atoms with Crippen molar-refractivity contribution in [3.05, 3.63) is 94.6 Å². The van der Waals surface area contributed by atoms with Crippen molar-refractivity contribution in [1.82, 2.24) is 0 Å². The van der Waals surface area contributed by atoms with Crippen molar-refractivity contribution in [1.29, 1.82) is 0 Å². The van der Waals surface area contributed by atoms with E-state index in [1.807, 2.05) is 39.0 Å². The number of carbonyl (C=O) groups excluding carboxylic acids is 3. The molecule has 3 aromatic carbocycles. The van der Waals surface area contributed by atoms with Gasteiger partial charge in [-0.3, -0.25) is 14.5 Å². The van der Waals surface area contributed by atoms with E-state index in [0.29, 0.717) is 41.5 Å². The molecule has 0 spiro atoms. The van der Waals surface area contributed by atoms with Gasteiger partial charge in [-0.2, -0.15) is 0 Å². The van der Waals surface area contributed by atoms with E-state index in [4.69, 9.17) is 14.2 Å². The summed E-state index contributed by atoms with van der Waals surface area (Å²) in [6, 6.07) is 17.7. The number of rotatable bonds is 9. The molecule has 1 aliphatic rings. The summed E-state index contributed by atoms with van der Waals surface area (Å²) in [4.78, 5) is 40.8. The van der Waals surface area contributed by atoms with E-state index in [9.17, 15) is 19.5 Å². The molecule has 208 valence electrons. The Balaban J connectivity index is 1.87. The van der Waals surface area contributed by atoms with E-state index in [1.54, 1.807) is 62.4 Å². The smallest absolute Gasteiger partial charge is 0.338 e. The van der Waals surface area contributed by atoms with Crippen molar-refractivity contribution in [2.24, 2.45) is 0 Å². The van der Waals surface area contributed by atoms with Gasteiger partial charge >= 0.3 is 5.97 Å². The number of Topliss-reactive ketones (excluding diaryl/α,β-unsaturated/α-hetero) is 1. The minimum atomic E-state index is -0.922. The molecule has 1 unspecified atom stereocenters. The first-order valence-corrected chi connectivity index (χ1v) is 13.2. The molecule has 1 amide bonds. The number of benzene rings is 3. The molecular weight excluding hydrogens is 510 g/mol. The summed E-state index contributed by atoms with van der Waals surface area (Å²) in [6.45, 7) is 9.86. The van der Waals surface area contributed by atoms with Gasteiger partial charge in [-0.15, -0.1) is 0 Å². The molecule has 0 aliphatic carbocycles. The topological polar surface area (TPSA) is 102 Å². The second-order valence-corrected chi connectivity index (χ2v) is 9.61. The summed E-state index contributed by atoms with van der Waals surface area (Å²) in [5.41, 5.74) is 2.48. The lowest BCUT2D eigenvalue weighted by molar-refractivity contribution is -0.132. The Morgan fingerprint density at radius 1 is 0.950 bits per heavy atom. The fourth-order valence-electron chi connectivity index (χ4n) is 4.67. The molecule has 40 heavy (non-hydrogen) atoms. The molecule has 0 saturated carbocycles. The summed E-state index contributed by atoms with van der Waals surface area (Å²) in [6.07, 6.45) is -0.282. The monoisotopic (exact) mass is 543 g/mol. The second-order valence-electron chi connectivity index (χ2n) is 9.61. The summed E-state index contributed by atoms with van der Waals surface area (Å²) in [7, 11) is 0. The van der Waals surface area contributed by atoms with E-state index in [-0.39, 0.29) is 23.0 Å². The van der Waals surface area contributed by atoms with E-state index >= 15 is 0 Å². The lowest BCUT2D eigenvalue weighted by Gasteiger charge is -2.26. The van der Waals surface area contributed by atoms with Crippen LogP contribution < -0.4 is 14.4 Å². The van der Waals surface area contributed by atoms with Crippen LogP contribution in [0.1, 0.15) is 60.8 Å². The van der Waals surface area contributed by atoms with E-state index in [1.165, 1.54) is 4.90 Å². The fourth-order valence-corrected chi connectivity index (χ4v) is 4.67. The van der Waals surface area contributed by atoms with Gasteiger partial charge in [0.2, 0.25) is 0 Å². The van der Waals surface area contributed by atoms with Gasteiger partial charge in [0.15, 0.2) is 0 Å². The van der Waals surface area contributed by atoms with Crippen LogP contribution in [0.4, 0.5) is 5.69 Å². The van der Waals surface area contributed by atoms with Crippen LogP contribution in [0, 0.1) is 6.92 Å². The third-order valence-corrected chi connectivity index (χ3v) is 6.35. The maximum atomic E-state index is 13.6. The van der Waals surface area contributed by atoms with Crippen LogP contribution in [0.15, 0.2) is 72.3 Å². The van der Waals surface area contributed by atoms with Crippen molar-refractivity contribution in [2.45, 2.75) is 46.8 Å². The van der Waals surface area contributed by atoms with Crippen LogP contribution >= 0.6 is 0 Å². The van der Waals surface area contributed by atoms with Crippen LogP contribution in [0.5, 0.6) is 11.5 Å². The van der Waals surface area contributed by atoms with Crippen LogP contribution in [0.3, 0.4) is 0 Å². The molecule has 0 radical (unpaired) electrons. The first kappa shape index (κ1) is 28.4. The number of nitrogens with zero attached hydrogens (tertiary/aromatic N) is 1. The van der Waals surface area contributed by atoms with Gasteiger partial charge in [-0.1, -0.05) is 29.8 Å². The van der Waals surface area contributed by atoms with E-state index < -0.39 is 23.7 Å². The van der Waals surface area contributed by atoms with Crippen molar-refractivity contribution in [2.75, 3.05) is 18.1 Å². The van der Waals surface area contributed by atoms with Crippen molar-refractivity contribution >= 4 is 29.1 Å². The van der Waals surface area contributed by atoms with Gasteiger partial charge in [-0.25, -0.2) is 4.79 Å². The Hall–Kier alpha value is -4.59. The number of amides is 1. The predicted octanol–water partition coefficient (Wildman–Crippen LogP) is 5.98.